The molecule has 0 spiro atoms. The fourth-order valence-electron chi connectivity index (χ4n) is 2.94. The minimum absolute atomic E-state index is 0.280. The molecule has 134 valence electrons. The lowest BCUT2D eigenvalue weighted by Gasteiger charge is -2.10. The number of anilines is 1. The highest BCUT2D eigenvalue weighted by Gasteiger charge is 2.16. The van der Waals surface area contributed by atoms with Gasteiger partial charge < -0.3 is 5.32 Å². The molecule has 0 aromatic carbocycles. The van der Waals surface area contributed by atoms with Gasteiger partial charge >= 0.3 is 0 Å². The molecule has 7 heteroatoms. The van der Waals surface area contributed by atoms with Gasteiger partial charge in [-0.15, -0.1) is 0 Å². The molecule has 0 aliphatic rings. The van der Waals surface area contributed by atoms with E-state index < -0.39 is 0 Å². The van der Waals surface area contributed by atoms with E-state index in [0.29, 0.717) is 17.0 Å². The highest BCUT2D eigenvalue weighted by atomic mass is 16.1. The standard InChI is InChI=1S/C20H18N6O/c1-3-15-5-4-6-18(24-15)25-20(27)16-9-14(11-26-19(16)22-12-23-26)17-10-21-8-7-13(17)2/h4-12H,3H2,1-2H3,(H,24,25,27). The van der Waals surface area contributed by atoms with E-state index in [4.69, 9.17) is 0 Å². The van der Waals surface area contributed by atoms with Crippen molar-refractivity contribution in [1.29, 1.82) is 0 Å². The van der Waals surface area contributed by atoms with Crippen molar-refractivity contribution in [2.45, 2.75) is 20.3 Å². The Bertz CT molecular complexity index is 1130. The number of carbonyl (C=O) groups is 1. The van der Waals surface area contributed by atoms with E-state index in [1.54, 1.807) is 23.0 Å². The molecular formula is C20H18N6O. The van der Waals surface area contributed by atoms with Crippen LogP contribution < -0.4 is 5.32 Å². The Labute approximate surface area is 156 Å². The van der Waals surface area contributed by atoms with Gasteiger partial charge in [0, 0.05) is 35.4 Å². The Kier molecular flexibility index (Phi) is 4.33. The molecule has 4 rings (SSSR count). The van der Waals surface area contributed by atoms with E-state index >= 15 is 0 Å². The lowest BCUT2D eigenvalue weighted by molar-refractivity contribution is 0.102. The highest BCUT2D eigenvalue weighted by Crippen LogP contribution is 2.25. The number of rotatable bonds is 4. The number of aromatic nitrogens is 5. The van der Waals surface area contributed by atoms with Gasteiger partial charge in [0.2, 0.25) is 0 Å². The van der Waals surface area contributed by atoms with E-state index in [0.717, 1.165) is 28.8 Å². The molecule has 1 N–H and O–H groups in total. The largest absolute Gasteiger partial charge is 0.306 e. The van der Waals surface area contributed by atoms with Crippen molar-refractivity contribution < 1.29 is 4.79 Å². The number of pyridine rings is 3. The summed E-state index contributed by atoms with van der Waals surface area (Å²) < 4.78 is 1.60. The SMILES string of the molecule is CCc1cccc(NC(=O)c2cc(-c3cnccc3C)cn3ncnc23)n1. The van der Waals surface area contributed by atoms with Crippen LogP contribution in [0.4, 0.5) is 5.82 Å². The number of fused-ring (bicyclic) bond motifs is 1. The number of nitrogens with zero attached hydrogens (tertiary/aromatic N) is 5. The first-order chi connectivity index (χ1) is 13.2. The molecule has 7 nitrogen and oxygen atoms in total. The summed E-state index contributed by atoms with van der Waals surface area (Å²) in [6, 6.07) is 9.32. The molecule has 0 saturated carbocycles. The molecule has 4 heterocycles. The summed E-state index contributed by atoms with van der Waals surface area (Å²) in [4.78, 5) is 25.8. The van der Waals surface area contributed by atoms with Crippen molar-refractivity contribution in [2.24, 2.45) is 0 Å². The Morgan fingerprint density at radius 2 is 2.15 bits per heavy atom. The molecule has 0 bridgehead atoms. The second-order valence-electron chi connectivity index (χ2n) is 6.18. The van der Waals surface area contributed by atoms with Crippen LogP contribution in [0, 0.1) is 6.92 Å². The van der Waals surface area contributed by atoms with E-state index in [-0.39, 0.29) is 5.91 Å². The normalized spacial score (nSPS) is 10.9. The van der Waals surface area contributed by atoms with Crippen LogP contribution in [0.3, 0.4) is 0 Å². The number of aryl methyl sites for hydroxylation is 2. The van der Waals surface area contributed by atoms with E-state index in [1.165, 1.54) is 6.33 Å². The Morgan fingerprint density at radius 3 is 2.96 bits per heavy atom. The zero-order chi connectivity index (χ0) is 18.8. The van der Waals surface area contributed by atoms with Gasteiger partial charge in [0.25, 0.3) is 5.91 Å². The summed E-state index contributed by atoms with van der Waals surface area (Å²) >= 11 is 0. The van der Waals surface area contributed by atoms with Crippen LogP contribution in [0.5, 0.6) is 0 Å². The third-order valence-electron chi connectivity index (χ3n) is 4.38. The van der Waals surface area contributed by atoms with Gasteiger partial charge in [0.1, 0.15) is 12.1 Å². The van der Waals surface area contributed by atoms with Crippen molar-refractivity contribution in [2.75, 3.05) is 5.32 Å². The van der Waals surface area contributed by atoms with Crippen molar-refractivity contribution in [3.63, 3.8) is 0 Å². The molecule has 0 atom stereocenters. The maximum Gasteiger partial charge on any atom is 0.260 e. The summed E-state index contributed by atoms with van der Waals surface area (Å²) in [6.07, 6.45) is 7.60. The second-order valence-corrected chi connectivity index (χ2v) is 6.18. The zero-order valence-electron chi connectivity index (χ0n) is 15.0. The monoisotopic (exact) mass is 358 g/mol. The van der Waals surface area contributed by atoms with Gasteiger partial charge in [0.05, 0.1) is 5.56 Å². The minimum Gasteiger partial charge on any atom is -0.306 e. The summed E-state index contributed by atoms with van der Waals surface area (Å²) in [6.45, 7) is 4.02. The summed E-state index contributed by atoms with van der Waals surface area (Å²) in [5.74, 6) is 0.233. The van der Waals surface area contributed by atoms with Crippen LogP contribution in [0.2, 0.25) is 0 Å². The molecular weight excluding hydrogens is 340 g/mol. The van der Waals surface area contributed by atoms with Gasteiger partial charge in [-0.3, -0.25) is 9.78 Å². The third-order valence-corrected chi connectivity index (χ3v) is 4.38. The van der Waals surface area contributed by atoms with E-state index in [2.05, 4.69) is 25.4 Å². The van der Waals surface area contributed by atoms with Gasteiger partial charge in [-0.05, 0) is 43.2 Å². The fraction of sp³-hybridized carbons (Fsp3) is 0.150. The molecule has 0 aliphatic heterocycles. The number of hydrogen-bond acceptors (Lipinski definition) is 5. The molecule has 0 radical (unpaired) electrons. The average Bonchev–Trinajstić information content (AvgIpc) is 3.16. The predicted molar refractivity (Wildman–Crippen MR) is 103 cm³/mol. The maximum atomic E-state index is 12.9. The summed E-state index contributed by atoms with van der Waals surface area (Å²) in [7, 11) is 0. The van der Waals surface area contributed by atoms with Gasteiger partial charge in [0.15, 0.2) is 5.65 Å². The lowest BCUT2D eigenvalue weighted by atomic mass is 10.0. The van der Waals surface area contributed by atoms with Crippen LogP contribution >= 0.6 is 0 Å². The van der Waals surface area contributed by atoms with Crippen LogP contribution in [0.1, 0.15) is 28.5 Å². The molecule has 0 saturated heterocycles. The van der Waals surface area contributed by atoms with Crippen molar-refractivity contribution >= 4 is 17.4 Å². The predicted octanol–water partition coefficient (Wildman–Crippen LogP) is 3.31. The number of nitrogens with one attached hydrogen (secondary N) is 1. The second kappa shape index (κ2) is 6.95. The average molecular weight is 358 g/mol. The molecule has 0 unspecified atom stereocenters. The first-order valence-corrected chi connectivity index (χ1v) is 8.67. The Morgan fingerprint density at radius 1 is 1.26 bits per heavy atom. The quantitative estimate of drug-likeness (QED) is 0.605. The molecule has 0 fully saturated rings. The Hall–Kier alpha value is -3.61. The van der Waals surface area contributed by atoms with E-state index in [9.17, 15) is 4.79 Å². The van der Waals surface area contributed by atoms with Crippen molar-refractivity contribution in [1.82, 2.24) is 24.6 Å². The molecule has 4 aromatic heterocycles. The number of amides is 1. The van der Waals surface area contributed by atoms with Gasteiger partial charge in [-0.2, -0.15) is 5.10 Å². The first kappa shape index (κ1) is 16.8. The molecule has 4 aromatic rings. The first-order valence-electron chi connectivity index (χ1n) is 8.67. The van der Waals surface area contributed by atoms with Gasteiger partial charge in [-0.1, -0.05) is 13.0 Å². The highest BCUT2D eigenvalue weighted by molar-refractivity contribution is 6.08. The van der Waals surface area contributed by atoms with Crippen LogP contribution in [0.25, 0.3) is 16.8 Å². The van der Waals surface area contributed by atoms with E-state index in [1.807, 2.05) is 44.3 Å². The fourth-order valence-corrected chi connectivity index (χ4v) is 2.94. The lowest BCUT2D eigenvalue weighted by Crippen LogP contribution is -2.15. The molecule has 1 amide bonds. The van der Waals surface area contributed by atoms with Gasteiger partial charge in [-0.25, -0.2) is 14.5 Å². The van der Waals surface area contributed by atoms with Crippen LogP contribution in [-0.4, -0.2) is 30.5 Å². The number of hydrogen-bond donors (Lipinski definition) is 1. The Balaban J connectivity index is 1.77. The zero-order valence-corrected chi connectivity index (χ0v) is 15.0. The smallest absolute Gasteiger partial charge is 0.260 e. The topological polar surface area (TPSA) is 85.1 Å². The third kappa shape index (κ3) is 3.27. The van der Waals surface area contributed by atoms with Crippen LogP contribution in [0.15, 0.2) is 55.2 Å². The minimum atomic E-state index is -0.280. The maximum absolute atomic E-state index is 12.9. The summed E-state index contributed by atoms with van der Waals surface area (Å²) in [5.41, 5.74) is 4.68. The number of carbonyl (C=O) groups excluding carboxylic acids is 1. The van der Waals surface area contributed by atoms with Crippen molar-refractivity contribution in [3.05, 3.63) is 72.1 Å². The van der Waals surface area contributed by atoms with Crippen LogP contribution in [-0.2, 0) is 6.42 Å². The molecule has 27 heavy (non-hydrogen) atoms. The summed E-state index contributed by atoms with van der Waals surface area (Å²) in [5, 5.41) is 7.06. The molecule has 0 aliphatic carbocycles. The van der Waals surface area contributed by atoms with Crippen molar-refractivity contribution in [3.8, 4) is 11.1 Å².